The molecule has 3 N–H and O–H groups in total. The summed E-state index contributed by atoms with van der Waals surface area (Å²) < 4.78 is 31.7. The van der Waals surface area contributed by atoms with E-state index in [0.29, 0.717) is 0 Å². The van der Waals surface area contributed by atoms with Gasteiger partial charge in [-0.2, -0.15) is 13.2 Å². The van der Waals surface area contributed by atoms with E-state index >= 15 is 0 Å². The minimum atomic E-state index is -5.08. The minimum Gasteiger partial charge on any atom is -0.481 e. The molecule has 114 valence electrons. The van der Waals surface area contributed by atoms with Gasteiger partial charge in [0.25, 0.3) is 0 Å². The number of alkyl halides is 3. The molecule has 9 heteroatoms. The van der Waals surface area contributed by atoms with E-state index < -0.39 is 18.1 Å². The number of hydrogen-bond donors (Lipinski definition) is 3. The monoisotopic (exact) mass is 296 g/mol. The number of nitrogens with zero attached hydrogens (tertiary/aromatic N) is 1. The molecule has 20 heavy (non-hydrogen) atoms. The van der Waals surface area contributed by atoms with Gasteiger partial charge in [-0.3, -0.25) is 4.79 Å². The number of aromatic amines is 1. The van der Waals surface area contributed by atoms with E-state index in [9.17, 15) is 18.0 Å². The van der Waals surface area contributed by atoms with Crippen LogP contribution in [0.15, 0.2) is 12.5 Å². The summed E-state index contributed by atoms with van der Waals surface area (Å²) in [6, 6.07) is 0. The first-order valence-corrected chi connectivity index (χ1v) is 5.72. The third kappa shape index (κ3) is 9.92. The van der Waals surface area contributed by atoms with Gasteiger partial charge in [0.15, 0.2) is 0 Å². The summed E-state index contributed by atoms with van der Waals surface area (Å²) >= 11 is 0. The molecule has 0 aromatic carbocycles. The average Bonchev–Trinajstić information content (AvgIpc) is 2.80. The van der Waals surface area contributed by atoms with Crippen molar-refractivity contribution in [1.82, 2.24) is 9.97 Å². The van der Waals surface area contributed by atoms with Crippen LogP contribution in [0, 0.1) is 0 Å². The first-order valence-electron chi connectivity index (χ1n) is 5.72. The lowest BCUT2D eigenvalue weighted by atomic mass is 10.1. The molecule has 0 saturated carbocycles. The smallest absolute Gasteiger partial charge is 0.481 e. The molecule has 0 saturated heterocycles. The fourth-order valence-electron chi connectivity index (χ4n) is 1.19. The van der Waals surface area contributed by atoms with Crippen molar-refractivity contribution in [2.75, 3.05) is 0 Å². The Morgan fingerprint density at radius 3 is 2.20 bits per heavy atom. The van der Waals surface area contributed by atoms with Gasteiger partial charge in [0.05, 0.1) is 6.33 Å². The SMILES string of the molecule is O=C(O)C(F)(F)F.O=C(O)CCCCCc1cnc[nH]1. The van der Waals surface area contributed by atoms with Gasteiger partial charge in [0.1, 0.15) is 0 Å². The summed E-state index contributed by atoms with van der Waals surface area (Å²) in [5, 5.41) is 15.5. The topological polar surface area (TPSA) is 103 Å². The maximum Gasteiger partial charge on any atom is 0.490 e. The third-order valence-electron chi connectivity index (χ3n) is 2.13. The van der Waals surface area contributed by atoms with Crippen molar-refractivity contribution >= 4 is 11.9 Å². The van der Waals surface area contributed by atoms with Crippen molar-refractivity contribution in [3.05, 3.63) is 18.2 Å². The van der Waals surface area contributed by atoms with Crippen LogP contribution in [0.5, 0.6) is 0 Å². The van der Waals surface area contributed by atoms with E-state index in [4.69, 9.17) is 15.0 Å². The average molecular weight is 296 g/mol. The van der Waals surface area contributed by atoms with Crippen LogP contribution in [0.2, 0.25) is 0 Å². The van der Waals surface area contributed by atoms with Crippen molar-refractivity contribution in [2.24, 2.45) is 0 Å². The van der Waals surface area contributed by atoms with Gasteiger partial charge in [-0.25, -0.2) is 9.78 Å². The summed E-state index contributed by atoms with van der Waals surface area (Å²) in [5.74, 6) is -3.46. The van der Waals surface area contributed by atoms with Gasteiger partial charge < -0.3 is 15.2 Å². The van der Waals surface area contributed by atoms with E-state index in [2.05, 4.69) is 9.97 Å². The van der Waals surface area contributed by atoms with E-state index in [1.165, 1.54) is 0 Å². The highest BCUT2D eigenvalue weighted by Crippen LogP contribution is 2.13. The molecule has 0 aliphatic rings. The number of carbonyl (C=O) groups is 2. The molecular formula is C11H15F3N2O4. The second-order valence-electron chi connectivity index (χ2n) is 3.83. The van der Waals surface area contributed by atoms with Crippen LogP contribution < -0.4 is 0 Å². The highest BCUT2D eigenvalue weighted by atomic mass is 19.4. The number of hydrogen-bond acceptors (Lipinski definition) is 3. The minimum absolute atomic E-state index is 0.281. The van der Waals surface area contributed by atoms with E-state index in [-0.39, 0.29) is 6.42 Å². The number of imidazole rings is 1. The number of unbranched alkanes of at least 4 members (excludes halogenated alkanes) is 2. The lowest BCUT2D eigenvalue weighted by Crippen LogP contribution is -2.21. The zero-order chi connectivity index (χ0) is 15.6. The number of aliphatic carboxylic acids is 2. The van der Waals surface area contributed by atoms with E-state index in [1.807, 2.05) is 0 Å². The fourth-order valence-corrected chi connectivity index (χ4v) is 1.19. The van der Waals surface area contributed by atoms with Gasteiger partial charge >= 0.3 is 18.1 Å². The highest BCUT2D eigenvalue weighted by molar-refractivity contribution is 5.73. The van der Waals surface area contributed by atoms with Crippen LogP contribution in [0.1, 0.15) is 31.4 Å². The Morgan fingerprint density at radius 1 is 1.20 bits per heavy atom. The number of carboxylic acids is 2. The lowest BCUT2D eigenvalue weighted by molar-refractivity contribution is -0.192. The van der Waals surface area contributed by atoms with Gasteiger partial charge in [0, 0.05) is 18.3 Å². The Morgan fingerprint density at radius 2 is 1.80 bits per heavy atom. The van der Waals surface area contributed by atoms with E-state index in [0.717, 1.165) is 31.4 Å². The van der Waals surface area contributed by atoms with Crippen LogP contribution in [-0.2, 0) is 16.0 Å². The summed E-state index contributed by atoms with van der Waals surface area (Å²) in [7, 11) is 0. The van der Waals surface area contributed by atoms with Crippen LogP contribution >= 0.6 is 0 Å². The highest BCUT2D eigenvalue weighted by Gasteiger charge is 2.38. The summed E-state index contributed by atoms with van der Waals surface area (Å²) in [6.07, 6.45) is 2.37. The van der Waals surface area contributed by atoms with Crippen LogP contribution in [0.4, 0.5) is 13.2 Å². The fraction of sp³-hybridized carbons (Fsp3) is 0.545. The molecule has 0 radical (unpaired) electrons. The van der Waals surface area contributed by atoms with Crippen molar-refractivity contribution in [1.29, 1.82) is 0 Å². The number of H-pyrrole nitrogens is 1. The zero-order valence-corrected chi connectivity index (χ0v) is 10.5. The molecule has 0 unspecified atom stereocenters. The molecule has 1 rings (SSSR count). The van der Waals surface area contributed by atoms with E-state index in [1.54, 1.807) is 12.5 Å². The second kappa shape index (κ2) is 8.94. The predicted octanol–water partition coefficient (Wildman–Crippen LogP) is 2.23. The van der Waals surface area contributed by atoms with Gasteiger partial charge in [0.2, 0.25) is 0 Å². The molecule has 1 aromatic rings. The Bertz CT molecular complexity index is 404. The number of rotatable bonds is 6. The normalized spacial score (nSPS) is 10.6. The summed E-state index contributed by atoms with van der Waals surface area (Å²) in [6.45, 7) is 0. The molecule has 0 spiro atoms. The molecule has 0 amide bonds. The molecule has 0 aliphatic heterocycles. The molecule has 0 aliphatic carbocycles. The number of nitrogens with one attached hydrogen (secondary N) is 1. The number of halogens is 3. The number of aryl methyl sites for hydroxylation is 1. The summed E-state index contributed by atoms with van der Waals surface area (Å²) in [4.78, 5) is 26.0. The Hall–Kier alpha value is -2.06. The maximum atomic E-state index is 10.6. The second-order valence-corrected chi connectivity index (χ2v) is 3.83. The van der Waals surface area contributed by atoms with Crippen LogP contribution in [-0.4, -0.2) is 38.3 Å². The standard InChI is InChI=1S/C9H14N2O2.C2HF3O2/c12-9(13)5-3-1-2-4-8-6-10-7-11-8;3-2(4,5)1(6)7/h6-7H,1-5H2,(H,10,11)(H,12,13);(H,6,7). The lowest BCUT2D eigenvalue weighted by Gasteiger charge is -1.96. The van der Waals surface area contributed by atoms with Crippen molar-refractivity contribution < 1.29 is 33.0 Å². The van der Waals surface area contributed by atoms with Crippen molar-refractivity contribution in [3.63, 3.8) is 0 Å². The van der Waals surface area contributed by atoms with Crippen LogP contribution in [0.25, 0.3) is 0 Å². The molecular weight excluding hydrogens is 281 g/mol. The van der Waals surface area contributed by atoms with Gasteiger partial charge in [-0.15, -0.1) is 0 Å². The number of aromatic nitrogens is 2. The molecule has 0 bridgehead atoms. The van der Waals surface area contributed by atoms with Crippen molar-refractivity contribution in [2.45, 2.75) is 38.3 Å². The molecule has 1 heterocycles. The summed E-state index contributed by atoms with van der Waals surface area (Å²) in [5.41, 5.74) is 1.12. The Balaban J connectivity index is 0.000000441. The largest absolute Gasteiger partial charge is 0.490 e. The molecule has 0 atom stereocenters. The molecule has 1 aromatic heterocycles. The molecule has 0 fully saturated rings. The first kappa shape index (κ1) is 17.9. The third-order valence-corrected chi connectivity index (χ3v) is 2.13. The van der Waals surface area contributed by atoms with Crippen LogP contribution in [0.3, 0.4) is 0 Å². The Kier molecular flexibility index (Phi) is 8.02. The quantitative estimate of drug-likeness (QED) is 0.698. The Labute approximate surface area is 112 Å². The van der Waals surface area contributed by atoms with Crippen molar-refractivity contribution in [3.8, 4) is 0 Å². The zero-order valence-electron chi connectivity index (χ0n) is 10.5. The first-order chi connectivity index (χ1) is 9.23. The predicted molar refractivity (Wildman–Crippen MR) is 62.1 cm³/mol. The molecule has 6 nitrogen and oxygen atoms in total. The number of carboxylic acid groups (broad SMARTS) is 2. The van der Waals surface area contributed by atoms with Gasteiger partial charge in [-0.05, 0) is 19.3 Å². The van der Waals surface area contributed by atoms with Gasteiger partial charge in [-0.1, -0.05) is 6.42 Å². The maximum absolute atomic E-state index is 10.6.